The first-order valence-electron chi connectivity index (χ1n) is 9.09. The molecule has 4 rings (SSSR count). The fourth-order valence-corrected chi connectivity index (χ4v) is 4.42. The van der Waals surface area contributed by atoms with E-state index < -0.39 is 12.2 Å². The lowest BCUT2D eigenvalue weighted by atomic mass is 9.90. The Hall–Kier alpha value is -3.02. The number of amides is 2. The van der Waals surface area contributed by atoms with E-state index in [0.717, 1.165) is 11.1 Å². The van der Waals surface area contributed by atoms with Crippen molar-refractivity contribution in [1.29, 1.82) is 0 Å². The summed E-state index contributed by atoms with van der Waals surface area (Å²) < 4.78 is 5.31. The zero-order chi connectivity index (χ0) is 18.9. The van der Waals surface area contributed by atoms with E-state index in [0.29, 0.717) is 19.6 Å². The molecule has 6 nitrogen and oxygen atoms in total. The van der Waals surface area contributed by atoms with Gasteiger partial charge in [-0.1, -0.05) is 60.7 Å². The van der Waals surface area contributed by atoms with Gasteiger partial charge in [-0.05, 0) is 23.0 Å². The van der Waals surface area contributed by atoms with Gasteiger partial charge in [0.2, 0.25) is 0 Å². The molecule has 1 heterocycles. The van der Waals surface area contributed by atoms with E-state index in [1.807, 2.05) is 48.5 Å². The summed E-state index contributed by atoms with van der Waals surface area (Å²) >= 11 is 0. The smallest absolute Gasteiger partial charge is 0.407 e. The van der Waals surface area contributed by atoms with E-state index >= 15 is 0 Å². The third-order valence-electron chi connectivity index (χ3n) is 5.85. The molecular weight excluding hydrogens is 344 g/mol. The summed E-state index contributed by atoms with van der Waals surface area (Å²) in [5.41, 5.74) is 1.87. The molecule has 27 heavy (non-hydrogen) atoms. The minimum Gasteiger partial charge on any atom is -0.465 e. The predicted molar refractivity (Wildman–Crippen MR) is 99.3 cm³/mol. The molecule has 0 bridgehead atoms. The maximum atomic E-state index is 12.2. The van der Waals surface area contributed by atoms with Gasteiger partial charge in [-0.3, -0.25) is 0 Å². The van der Waals surface area contributed by atoms with Gasteiger partial charge in [0.25, 0.3) is 0 Å². The summed E-state index contributed by atoms with van der Waals surface area (Å²) in [6.45, 7) is 1.70. The molecule has 2 aromatic rings. The van der Waals surface area contributed by atoms with Crippen LogP contribution >= 0.6 is 0 Å². The molecule has 1 aliphatic carbocycles. The number of piperidine rings is 1. The lowest BCUT2D eigenvalue weighted by molar-refractivity contribution is 0.134. The second-order valence-corrected chi connectivity index (χ2v) is 7.22. The number of nitrogens with one attached hydrogen (secondary N) is 1. The Morgan fingerprint density at radius 1 is 1.04 bits per heavy atom. The number of carboxylic acid groups (broad SMARTS) is 1. The topological polar surface area (TPSA) is 78.9 Å². The molecular formula is C21H22N2O4. The molecule has 1 saturated carbocycles. The van der Waals surface area contributed by atoms with Gasteiger partial charge in [-0.2, -0.15) is 0 Å². The second kappa shape index (κ2) is 6.95. The van der Waals surface area contributed by atoms with E-state index in [9.17, 15) is 14.7 Å². The predicted octanol–water partition coefficient (Wildman–Crippen LogP) is 3.09. The quantitative estimate of drug-likeness (QED) is 0.852. The monoisotopic (exact) mass is 366 g/mol. The Bertz CT molecular complexity index is 813. The maximum Gasteiger partial charge on any atom is 0.407 e. The number of fused-ring (bicyclic) bond motifs is 1. The molecule has 3 atom stereocenters. The van der Waals surface area contributed by atoms with Crippen LogP contribution in [0, 0.1) is 11.8 Å². The molecule has 140 valence electrons. The summed E-state index contributed by atoms with van der Waals surface area (Å²) in [5, 5.41) is 12.1. The second-order valence-electron chi connectivity index (χ2n) is 7.22. The van der Waals surface area contributed by atoms with Crippen molar-refractivity contribution >= 4 is 12.2 Å². The number of benzene rings is 2. The Kier molecular flexibility index (Phi) is 4.48. The van der Waals surface area contributed by atoms with Crippen LogP contribution in [0.5, 0.6) is 0 Å². The molecule has 1 aliphatic heterocycles. The number of ether oxygens (including phenoxy) is 1. The standard InChI is InChI=1S/C21H22N2O4/c24-19(27-13-15-7-3-1-4-8-15)22-14-21(16-9-5-2-6-10-16)17-11-23(20(25)26)12-18(17)21/h1-10,17-18H,11-14H2,(H,22,24)(H,25,26)/t17-,18+,21-. The average Bonchev–Trinajstić information content (AvgIpc) is 3.06. The highest BCUT2D eigenvalue weighted by atomic mass is 16.5. The molecule has 6 heteroatoms. The Labute approximate surface area is 157 Å². The summed E-state index contributed by atoms with van der Waals surface area (Å²) in [6, 6.07) is 19.6. The molecule has 0 unspecified atom stereocenters. The first kappa shape index (κ1) is 17.4. The average molecular weight is 366 g/mol. The number of nitrogens with zero attached hydrogens (tertiary/aromatic N) is 1. The minimum atomic E-state index is -0.876. The molecule has 0 spiro atoms. The fraction of sp³-hybridized carbons (Fsp3) is 0.333. The summed E-state index contributed by atoms with van der Waals surface area (Å²) in [7, 11) is 0. The number of likely N-dealkylation sites (tertiary alicyclic amines) is 1. The van der Waals surface area contributed by atoms with Crippen molar-refractivity contribution < 1.29 is 19.4 Å². The van der Waals surface area contributed by atoms with Gasteiger partial charge < -0.3 is 20.1 Å². The zero-order valence-corrected chi connectivity index (χ0v) is 14.9. The van der Waals surface area contributed by atoms with E-state index in [2.05, 4.69) is 17.4 Å². The van der Waals surface area contributed by atoms with Crippen molar-refractivity contribution in [2.24, 2.45) is 11.8 Å². The number of alkyl carbamates (subject to hydrolysis) is 1. The van der Waals surface area contributed by atoms with E-state index in [1.54, 1.807) is 0 Å². The van der Waals surface area contributed by atoms with Gasteiger partial charge in [0.1, 0.15) is 6.61 Å². The van der Waals surface area contributed by atoms with E-state index in [1.165, 1.54) is 4.90 Å². The maximum absolute atomic E-state index is 12.2. The molecule has 2 amide bonds. The van der Waals surface area contributed by atoms with E-state index in [-0.39, 0.29) is 23.9 Å². The summed E-state index contributed by atoms with van der Waals surface area (Å²) in [6.07, 6.45) is -1.33. The minimum absolute atomic E-state index is 0.209. The summed E-state index contributed by atoms with van der Waals surface area (Å²) in [5.74, 6) is 0.454. The number of hydrogen-bond donors (Lipinski definition) is 2. The van der Waals surface area contributed by atoms with Crippen LogP contribution in [0.15, 0.2) is 60.7 Å². The first-order valence-corrected chi connectivity index (χ1v) is 9.09. The van der Waals surface area contributed by atoms with Crippen LogP contribution in [0.4, 0.5) is 9.59 Å². The first-order chi connectivity index (χ1) is 13.1. The highest BCUT2D eigenvalue weighted by Crippen LogP contribution is 2.63. The van der Waals surface area contributed by atoms with Crippen molar-refractivity contribution in [3.8, 4) is 0 Å². The summed E-state index contributed by atoms with van der Waals surface area (Å²) in [4.78, 5) is 24.9. The molecule has 2 aliphatic rings. The number of rotatable bonds is 5. The highest BCUT2D eigenvalue weighted by Gasteiger charge is 2.69. The van der Waals surface area contributed by atoms with Crippen LogP contribution in [0.1, 0.15) is 11.1 Å². The molecule has 2 aromatic carbocycles. The van der Waals surface area contributed by atoms with Gasteiger partial charge in [0.05, 0.1) is 0 Å². The van der Waals surface area contributed by atoms with Crippen molar-refractivity contribution in [3.63, 3.8) is 0 Å². The molecule has 2 fully saturated rings. The van der Waals surface area contributed by atoms with Gasteiger partial charge in [0, 0.05) is 25.0 Å². The largest absolute Gasteiger partial charge is 0.465 e. The van der Waals surface area contributed by atoms with Gasteiger partial charge in [0.15, 0.2) is 0 Å². The number of hydrogen-bond acceptors (Lipinski definition) is 3. The van der Waals surface area contributed by atoms with Crippen LogP contribution in [0.3, 0.4) is 0 Å². The fourth-order valence-electron chi connectivity index (χ4n) is 4.42. The van der Waals surface area contributed by atoms with Gasteiger partial charge in [-0.15, -0.1) is 0 Å². The van der Waals surface area contributed by atoms with Crippen molar-refractivity contribution in [3.05, 3.63) is 71.8 Å². The molecule has 0 radical (unpaired) electrons. The number of carbonyl (C=O) groups excluding carboxylic acids is 1. The van der Waals surface area contributed by atoms with Crippen LogP contribution in [-0.4, -0.2) is 41.8 Å². The Morgan fingerprint density at radius 3 is 2.22 bits per heavy atom. The van der Waals surface area contributed by atoms with E-state index in [4.69, 9.17) is 4.74 Å². The lowest BCUT2D eigenvalue weighted by Crippen LogP contribution is -2.40. The SMILES string of the molecule is O=C(NC[C@@]1(c2ccccc2)[C@@H]2CN(C(=O)O)C[C@@H]21)OCc1ccccc1. The van der Waals surface area contributed by atoms with Crippen molar-refractivity contribution in [1.82, 2.24) is 10.2 Å². The molecule has 1 saturated heterocycles. The number of carbonyl (C=O) groups is 2. The Morgan fingerprint density at radius 2 is 1.63 bits per heavy atom. The third kappa shape index (κ3) is 3.23. The highest BCUT2D eigenvalue weighted by molar-refractivity contribution is 5.68. The van der Waals surface area contributed by atoms with Crippen molar-refractivity contribution in [2.75, 3.05) is 19.6 Å². The van der Waals surface area contributed by atoms with Crippen LogP contribution in [0.25, 0.3) is 0 Å². The molecule has 2 N–H and O–H groups in total. The third-order valence-corrected chi connectivity index (χ3v) is 5.85. The van der Waals surface area contributed by atoms with Crippen molar-refractivity contribution in [2.45, 2.75) is 12.0 Å². The van der Waals surface area contributed by atoms with Gasteiger partial charge in [-0.25, -0.2) is 9.59 Å². The van der Waals surface area contributed by atoms with Crippen LogP contribution in [-0.2, 0) is 16.8 Å². The molecule has 0 aromatic heterocycles. The lowest BCUT2D eigenvalue weighted by Gasteiger charge is -2.26. The van der Waals surface area contributed by atoms with Crippen LogP contribution in [0.2, 0.25) is 0 Å². The zero-order valence-electron chi connectivity index (χ0n) is 14.9. The van der Waals surface area contributed by atoms with Gasteiger partial charge >= 0.3 is 12.2 Å². The van der Waals surface area contributed by atoms with Crippen LogP contribution < -0.4 is 5.32 Å². The normalized spacial score (nSPS) is 25.6. The Balaban J connectivity index is 1.40.